The molecule has 0 bridgehead atoms. The van der Waals surface area contributed by atoms with Gasteiger partial charge in [0.2, 0.25) is 0 Å². The van der Waals surface area contributed by atoms with Crippen molar-refractivity contribution in [3.05, 3.63) is 41.3 Å². The molecule has 1 aromatic heterocycles. The van der Waals surface area contributed by atoms with Crippen LogP contribution in [0.5, 0.6) is 0 Å². The van der Waals surface area contributed by atoms with Gasteiger partial charge in [-0.2, -0.15) is 5.26 Å². The Bertz CT molecular complexity index is 582. The number of benzene rings is 1. The third-order valence-corrected chi connectivity index (χ3v) is 2.57. The quantitative estimate of drug-likeness (QED) is 0.729. The van der Waals surface area contributed by atoms with Crippen LogP contribution < -0.4 is 0 Å². The standard InChI is InChI=1S/C13H11FN2/c1-8(2)13-9(6-15)7-16-12-5-10(14)3-4-11(12)13/h3-5,7-8H,1-2H3. The second-order valence-electron chi connectivity index (χ2n) is 4.01. The summed E-state index contributed by atoms with van der Waals surface area (Å²) >= 11 is 0. The molecule has 0 aliphatic rings. The molecule has 0 N–H and O–H groups in total. The summed E-state index contributed by atoms with van der Waals surface area (Å²) in [5.74, 6) is -0.0926. The van der Waals surface area contributed by atoms with Crippen molar-refractivity contribution in [3.8, 4) is 6.07 Å². The Morgan fingerprint density at radius 1 is 1.38 bits per heavy atom. The van der Waals surface area contributed by atoms with Gasteiger partial charge in [-0.15, -0.1) is 0 Å². The molecule has 0 saturated heterocycles. The van der Waals surface area contributed by atoms with Crippen LogP contribution in [-0.4, -0.2) is 4.98 Å². The molecule has 2 nitrogen and oxygen atoms in total. The van der Waals surface area contributed by atoms with E-state index in [9.17, 15) is 4.39 Å². The van der Waals surface area contributed by atoms with Crippen LogP contribution in [-0.2, 0) is 0 Å². The van der Waals surface area contributed by atoms with Crippen molar-refractivity contribution < 1.29 is 4.39 Å². The van der Waals surface area contributed by atoms with Gasteiger partial charge in [0.05, 0.1) is 11.1 Å². The summed E-state index contributed by atoms with van der Waals surface area (Å²) in [4.78, 5) is 4.09. The zero-order chi connectivity index (χ0) is 11.7. The van der Waals surface area contributed by atoms with E-state index in [1.54, 1.807) is 6.07 Å². The summed E-state index contributed by atoms with van der Waals surface area (Å²) < 4.78 is 13.0. The van der Waals surface area contributed by atoms with Crippen molar-refractivity contribution in [2.45, 2.75) is 19.8 Å². The van der Waals surface area contributed by atoms with Crippen molar-refractivity contribution in [3.63, 3.8) is 0 Å². The number of halogens is 1. The third kappa shape index (κ3) is 1.63. The van der Waals surface area contributed by atoms with Gasteiger partial charge in [0.1, 0.15) is 11.9 Å². The first kappa shape index (κ1) is 10.6. The SMILES string of the molecule is CC(C)c1c(C#N)cnc2cc(F)ccc12. The van der Waals surface area contributed by atoms with Gasteiger partial charge in [0.25, 0.3) is 0 Å². The predicted molar refractivity (Wildman–Crippen MR) is 60.5 cm³/mol. The number of rotatable bonds is 1. The maximum absolute atomic E-state index is 13.0. The minimum Gasteiger partial charge on any atom is -0.255 e. The average molecular weight is 214 g/mol. The number of hydrogen-bond acceptors (Lipinski definition) is 2. The molecule has 0 spiro atoms. The molecule has 1 aromatic carbocycles. The molecule has 2 rings (SSSR count). The Balaban J connectivity index is 2.85. The Morgan fingerprint density at radius 2 is 2.12 bits per heavy atom. The van der Waals surface area contributed by atoms with Crippen LogP contribution in [0.1, 0.15) is 30.9 Å². The van der Waals surface area contributed by atoms with Crippen molar-refractivity contribution in [2.75, 3.05) is 0 Å². The van der Waals surface area contributed by atoms with Crippen molar-refractivity contribution in [2.24, 2.45) is 0 Å². The van der Waals surface area contributed by atoms with Crippen molar-refractivity contribution in [1.29, 1.82) is 5.26 Å². The van der Waals surface area contributed by atoms with Crippen LogP contribution in [0, 0.1) is 17.1 Å². The average Bonchev–Trinajstić information content (AvgIpc) is 2.26. The van der Waals surface area contributed by atoms with Gasteiger partial charge < -0.3 is 0 Å². The van der Waals surface area contributed by atoms with Gasteiger partial charge in [-0.3, -0.25) is 4.98 Å². The molecular weight excluding hydrogens is 203 g/mol. The number of nitriles is 1. The second-order valence-corrected chi connectivity index (χ2v) is 4.01. The zero-order valence-electron chi connectivity index (χ0n) is 9.16. The summed E-state index contributed by atoms with van der Waals surface area (Å²) in [7, 11) is 0. The Hall–Kier alpha value is -1.95. The van der Waals surface area contributed by atoms with Gasteiger partial charge in [0.15, 0.2) is 0 Å². The van der Waals surface area contributed by atoms with Crippen LogP contribution >= 0.6 is 0 Å². The highest BCUT2D eigenvalue weighted by atomic mass is 19.1. The van der Waals surface area contributed by atoms with E-state index in [0.29, 0.717) is 11.1 Å². The lowest BCUT2D eigenvalue weighted by atomic mass is 9.95. The van der Waals surface area contributed by atoms with Crippen LogP contribution in [0.2, 0.25) is 0 Å². The monoisotopic (exact) mass is 214 g/mol. The van der Waals surface area contributed by atoms with E-state index in [1.807, 2.05) is 13.8 Å². The third-order valence-electron chi connectivity index (χ3n) is 2.57. The second kappa shape index (κ2) is 3.90. The van der Waals surface area contributed by atoms with Crippen LogP contribution in [0.3, 0.4) is 0 Å². The fraction of sp³-hybridized carbons (Fsp3) is 0.231. The molecule has 0 saturated carbocycles. The van der Waals surface area contributed by atoms with Gasteiger partial charge >= 0.3 is 0 Å². The summed E-state index contributed by atoms with van der Waals surface area (Å²) in [5, 5.41) is 9.87. The smallest absolute Gasteiger partial charge is 0.125 e. The summed E-state index contributed by atoms with van der Waals surface area (Å²) in [6.07, 6.45) is 1.51. The molecular formula is C13H11FN2. The number of nitrogens with zero attached hydrogens (tertiary/aromatic N) is 2. The Labute approximate surface area is 93.4 Å². The molecule has 80 valence electrons. The normalized spacial score (nSPS) is 10.7. The Morgan fingerprint density at radius 3 is 2.75 bits per heavy atom. The van der Waals surface area contributed by atoms with Crippen LogP contribution in [0.4, 0.5) is 4.39 Å². The van der Waals surface area contributed by atoms with Crippen molar-refractivity contribution in [1.82, 2.24) is 4.98 Å². The first-order valence-corrected chi connectivity index (χ1v) is 5.11. The van der Waals surface area contributed by atoms with Gasteiger partial charge in [0, 0.05) is 17.6 Å². The highest BCUT2D eigenvalue weighted by molar-refractivity contribution is 5.84. The number of fused-ring (bicyclic) bond motifs is 1. The molecule has 0 unspecified atom stereocenters. The Kier molecular flexibility index (Phi) is 2.57. The number of hydrogen-bond donors (Lipinski definition) is 0. The largest absolute Gasteiger partial charge is 0.255 e. The fourth-order valence-corrected chi connectivity index (χ4v) is 1.90. The maximum atomic E-state index is 13.0. The molecule has 1 heterocycles. The van der Waals surface area contributed by atoms with Gasteiger partial charge in [-0.25, -0.2) is 4.39 Å². The van der Waals surface area contributed by atoms with E-state index in [2.05, 4.69) is 11.1 Å². The van der Waals surface area contributed by atoms with Gasteiger partial charge in [-0.1, -0.05) is 13.8 Å². The lowest BCUT2D eigenvalue weighted by Gasteiger charge is -2.11. The maximum Gasteiger partial charge on any atom is 0.125 e. The molecule has 2 aromatic rings. The molecule has 0 aliphatic heterocycles. The number of aromatic nitrogens is 1. The molecule has 16 heavy (non-hydrogen) atoms. The molecule has 0 amide bonds. The predicted octanol–water partition coefficient (Wildman–Crippen LogP) is 3.37. The van der Waals surface area contributed by atoms with Gasteiger partial charge in [-0.05, 0) is 23.6 Å². The first-order chi connectivity index (χ1) is 7.63. The van der Waals surface area contributed by atoms with E-state index < -0.39 is 0 Å². The lowest BCUT2D eigenvalue weighted by Crippen LogP contribution is -1.97. The van der Waals surface area contributed by atoms with Crippen LogP contribution in [0.15, 0.2) is 24.4 Å². The summed E-state index contributed by atoms with van der Waals surface area (Å²) in [6.45, 7) is 4.03. The van der Waals surface area contributed by atoms with E-state index in [0.717, 1.165) is 10.9 Å². The highest BCUT2D eigenvalue weighted by Crippen LogP contribution is 2.27. The minimum absolute atomic E-state index is 0.214. The molecule has 0 radical (unpaired) electrons. The van der Waals surface area contributed by atoms with E-state index in [4.69, 9.17) is 5.26 Å². The summed E-state index contributed by atoms with van der Waals surface area (Å²) in [6, 6.07) is 6.61. The zero-order valence-corrected chi connectivity index (χ0v) is 9.16. The molecule has 0 fully saturated rings. The fourth-order valence-electron chi connectivity index (χ4n) is 1.90. The molecule has 0 atom stereocenters. The molecule has 3 heteroatoms. The van der Waals surface area contributed by atoms with E-state index in [-0.39, 0.29) is 11.7 Å². The summed E-state index contributed by atoms with van der Waals surface area (Å²) in [5.41, 5.74) is 2.10. The lowest BCUT2D eigenvalue weighted by molar-refractivity contribution is 0.629. The molecule has 0 aliphatic carbocycles. The first-order valence-electron chi connectivity index (χ1n) is 5.11. The highest BCUT2D eigenvalue weighted by Gasteiger charge is 2.12. The van der Waals surface area contributed by atoms with Crippen LogP contribution in [0.25, 0.3) is 10.9 Å². The number of pyridine rings is 1. The topological polar surface area (TPSA) is 36.7 Å². The minimum atomic E-state index is -0.306. The van der Waals surface area contributed by atoms with Crippen molar-refractivity contribution >= 4 is 10.9 Å². The van der Waals surface area contributed by atoms with E-state index >= 15 is 0 Å². The van der Waals surface area contributed by atoms with E-state index in [1.165, 1.54) is 18.3 Å².